The molecule has 0 amide bonds. The van der Waals surface area contributed by atoms with Gasteiger partial charge in [0.25, 0.3) is 0 Å². The van der Waals surface area contributed by atoms with E-state index in [0.29, 0.717) is 31.6 Å². The van der Waals surface area contributed by atoms with Crippen molar-refractivity contribution in [2.75, 3.05) is 50.7 Å². The van der Waals surface area contributed by atoms with E-state index in [4.69, 9.17) is 21.7 Å². The largest absolute Gasteiger partial charge is 0.461 e. The highest BCUT2D eigenvalue weighted by molar-refractivity contribution is 7.79. The van der Waals surface area contributed by atoms with Gasteiger partial charge in [0.1, 0.15) is 6.61 Å². The number of benzene rings is 1. The molecule has 156 valence electrons. The summed E-state index contributed by atoms with van der Waals surface area (Å²) in [5.41, 5.74) is 4.91. The molecule has 1 N–H and O–H groups in total. The topological polar surface area (TPSA) is 62.8 Å². The van der Waals surface area contributed by atoms with Crippen molar-refractivity contribution in [3.63, 3.8) is 0 Å². The molecule has 2 aromatic rings. The molecule has 2 heterocycles. The molecule has 7 nitrogen and oxygen atoms in total. The molecule has 1 fully saturated rings. The van der Waals surface area contributed by atoms with Crippen LogP contribution in [0, 0.1) is 0 Å². The fourth-order valence-electron chi connectivity index (χ4n) is 3.35. The molecule has 0 saturated carbocycles. The van der Waals surface area contributed by atoms with Crippen LogP contribution in [0.5, 0.6) is 6.01 Å². The lowest BCUT2D eigenvalue weighted by molar-refractivity contribution is 0.141. The second-order valence-electron chi connectivity index (χ2n) is 7.01. The van der Waals surface area contributed by atoms with Crippen LogP contribution < -0.4 is 15.0 Å². The zero-order valence-electron chi connectivity index (χ0n) is 17.1. The molecule has 0 atom stereocenters. The van der Waals surface area contributed by atoms with E-state index in [1.54, 1.807) is 18.8 Å². The van der Waals surface area contributed by atoms with Crippen molar-refractivity contribution in [2.45, 2.75) is 25.9 Å². The van der Waals surface area contributed by atoms with Gasteiger partial charge in [-0.15, -0.1) is 0 Å². The summed E-state index contributed by atoms with van der Waals surface area (Å²) in [4.78, 5) is 13.2. The summed E-state index contributed by atoms with van der Waals surface area (Å²) in [5, 5.41) is 3.12. The van der Waals surface area contributed by atoms with Gasteiger partial charge in [-0.1, -0.05) is 36.5 Å². The number of nitrogens with one attached hydrogen (secondary N) is 1. The van der Waals surface area contributed by atoms with E-state index < -0.39 is 0 Å². The average Bonchev–Trinajstić information content (AvgIpc) is 3.26. The highest BCUT2D eigenvalue weighted by Gasteiger charge is 2.15. The molecule has 0 unspecified atom stereocenters. The Morgan fingerprint density at radius 2 is 1.90 bits per heavy atom. The molecule has 1 aliphatic heterocycles. The maximum atomic E-state index is 5.56. The van der Waals surface area contributed by atoms with Gasteiger partial charge in [-0.25, -0.2) is 4.98 Å². The predicted octanol–water partition coefficient (Wildman–Crippen LogP) is 3.10. The molecular weight excluding hydrogens is 386 g/mol. The third kappa shape index (κ3) is 6.09. The van der Waals surface area contributed by atoms with Gasteiger partial charge in [-0.2, -0.15) is 4.98 Å². The van der Waals surface area contributed by atoms with Gasteiger partial charge in [0.15, 0.2) is 5.82 Å². The Bertz CT molecular complexity index is 781. The molecule has 3 rings (SSSR count). The number of anilines is 2. The van der Waals surface area contributed by atoms with Crippen molar-refractivity contribution in [3.05, 3.63) is 41.6 Å². The first kappa shape index (κ1) is 21.4. The number of thiocarbonyl (C=S) groups is 1. The molecule has 8 heteroatoms. The van der Waals surface area contributed by atoms with Gasteiger partial charge in [0.05, 0.1) is 24.0 Å². The zero-order chi connectivity index (χ0) is 20.5. The summed E-state index contributed by atoms with van der Waals surface area (Å²) in [7, 11) is 3.46. The van der Waals surface area contributed by atoms with E-state index in [9.17, 15) is 0 Å². The highest BCUT2D eigenvalue weighted by atomic mass is 32.1. The first-order chi connectivity index (χ1) is 14.2. The number of likely N-dealkylation sites (tertiary alicyclic amines) is 1. The fraction of sp³-hybridized carbons (Fsp3) is 0.476. The SMILES string of the molecule is CNc1cnc(OCCOC)nc1N(C=S)Cc1ccc(CN2CCCC2)cc1. The predicted molar refractivity (Wildman–Crippen MR) is 120 cm³/mol. The van der Waals surface area contributed by atoms with Crippen molar-refractivity contribution in [2.24, 2.45) is 0 Å². The molecule has 0 bridgehead atoms. The van der Waals surface area contributed by atoms with Crippen LogP contribution in [-0.2, 0) is 17.8 Å². The van der Waals surface area contributed by atoms with E-state index in [-0.39, 0.29) is 0 Å². The van der Waals surface area contributed by atoms with Crippen molar-refractivity contribution >= 4 is 29.2 Å². The van der Waals surface area contributed by atoms with Crippen molar-refractivity contribution in [1.82, 2.24) is 14.9 Å². The van der Waals surface area contributed by atoms with E-state index in [1.165, 1.54) is 37.1 Å². The minimum Gasteiger partial charge on any atom is -0.461 e. The van der Waals surface area contributed by atoms with Crippen LogP contribution in [-0.4, -0.2) is 60.8 Å². The molecule has 0 spiro atoms. The third-order valence-electron chi connectivity index (χ3n) is 4.91. The van der Waals surface area contributed by atoms with E-state index in [0.717, 1.165) is 12.2 Å². The van der Waals surface area contributed by atoms with Gasteiger partial charge in [-0.05, 0) is 37.1 Å². The Labute approximate surface area is 178 Å². The van der Waals surface area contributed by atoms with E-state index in [2.05, 4.69) is 44.5 Å². The van der Waals surface area contributed by atoms with Crippen LogP contribution in [0.4, 0.5) is 11.5 Å². The molecule has 0 aliphatic carbocycles. The number of aromatic nitrogens is 2. The number of ether oxygens (including phenoxy) is 2. The van der Waals surface area contributed by atoms with Crippen molar-refractivity contribution in [1.29, 1.82) is 0 Å². The monoisotopic (exact) mass is 415 g/mol. The summed E-state index contributed by atoms with van der Waals surface area (Å²) >= 11 is 5.28. The summed E-state index contributed by atoms with van der Waals surface area (Å²) in [5.74, 6) is 0.686. The third-order valence-corrected chi connectivity index (χ3v) is 5.17. The first-order valence-corrected chi connectivity index (χ1v) is 10.4. The second-order valence-corrected chi connectivity index (χ2v) is 7.22. The molecular formula is C21H29N5O2S. The van der Waals surface area contributed by atoms with E-state index in [1.807, 2.05) is 11.9 Å². The van der Waals surface area contributed by atoms with Crippen LogP contribution in [0.3, 0.4) is 0 Å². The Hall–Kier alpha value is -2.29. The van der Waals surface area contributed by atoms with Crippen LogP contribution in [0.1, 0.15) is 24.0 Å². The number of hydrogen-bond acceptors (Lipinski definition) is 7. The first-order valence-electron chi connectivity index (χ1n) is 9.92. The maximum absolute atomic E-state index is 5.56. The standard InChI is InChI=1S/C21H29N5O2S/c1-22-19-13-23-21(28-12-11-27-2)24-20(19)26(16-29)15-18-7-5-17(6-8-18)14-25-9-3-4-10-25/h5-8,13,16,22H,3-4,9-12,14-15H2,1-2H3. The van der Waals surface area contributed by atoms with Gasteiger partial charge in [0, 0.05) is 27.2 Å². The van der Waals surface area contributed by atoms with Gasteiger partial charge in [0.2, 0.25) is 0 Å². The minimum absolute atomic E-state index is 0.305. The van der Waals surface area contributed by atoms with E-state index >= 15 is 0 Å². The maximum Gasteiger partial charge on any atom is 0.318 e. The summed E-state index contributed by atoms with van der Waals surface area (Å²) < 4.78 is 10.6. The number of nitrogens with zero attached hydrogens (tertiary/aromatic N) is 4. The summed E-state index contributed by atoms with van der Waals surface area (Å²) in [6.07, 6.45) is 4.33. The van der Waals surface area contributed by atoms with Crippen LogP contribution in [0.15, 0.2) is 30.5 Å². The Kier molecular flexibility index (Phi) is 8.15. The lowest BCUT2D eigenvalue weighted by Gasteiger charge is -2.21. The van der Waals surface area contributed by atoms with Gasteiger partial charge in [-0.3, -0.25) is 4.90 Å². The number of methoxy groups -OCH3 is 1. The smallest absolute Gasteiger partial charge is 0.318 e. The van der Waals surface area contributed by atoms with Gasteiger partial charge >= 0.3 is 6.01 Å². The van der Waals surface area contributed by atoms with Crippen LogP contribution >= 0.6 is 12.2 Å². The van der Waals surface area contributed by atoms with Crippen molar-refractivity contribution < 1.29 is 9.47 Å². The summed E-state index contributed by atoms with van der Waals surface area (Å²) in [6, 6.07) is 9.03. The zero-order valence-corrected chi connectivity index (χ0v) is 18.0. The Morgan fingerprint density at radius 1 is 1.17 bits per heavy atom. The average molecular weight is 416 g/mol. The van der Waals surface area contributed by atoms with Crippen LogP contribution in [0.25, 0.3) is 0 Å². The Morgan fingerprint density at radius 3 is 2.55 bits per heavy atom. The van der Waals surface area contributed by atoms with Gasteiger partial charge < -0.3 is 19.7 Å². The van der Waals surface area contributed by atoms with Crippen LogP contribution in [0.2, 0.25) is 0 Å². The summed E-state index contributed by atoms with van der Waals surface area (Å²) in [6.45, 7) is 4.93. The fourth-order valence-corrected chi connectivity index (χ4v) is 3.52. The second kappa shape index (κ2) is 11.0. The quantitative estimate of drug-likeness (QED) is 0.444. The number of hydrogen-bond donors (Lipinski definition) is 1. The molecule has 1 aliphatic rings. The molecule has 0 radical (unpaired) electrons. The Balaban J connectivity index is 1.69. The lowest BCUT2D eigenvalue weighted by atomic mass is 10.1. The lowest BCUT2D eigenvalue weighted by Crippen LogP contribution is -2.23. The number of rotatable bonds is 11. The normalized spacial score (nSPS) is 14.0. The molecule has 1 aromatic carbocycles. The molecule has 29 heavy (non-hydrogen) atoms. The molecule has 1 aromatic heterocycles. The minimum atomic E-state index is 0.305. The highest BCUT2D eigenvalue weighted by Crippen LogP contribution is 2.25. The molecule has 1 saturated heterocycles. The van der Waals surface area contributed by atoms with Crippen molar-refractivity contribution in [3.8, 4) is 6.01 Å².